The Bertz CT molecular complexity index is 1400. The van der Waals surface area contributed by atoms with Crippen molar-refractivity contribution in [1.29, 1.82) is 0 Å². The lowest BCUT2D eigenvalue weighted by Gasteiger charge is -2.26. The number of benzene rings is 4. The maximum absolute atomic E-state index is 3.74. The lowest BCUT2D eigenvalue weighted by Crippen LogP contribution is -2.17. The Morgan fingerprint density at radius 2 is 1.50 bits per heavy atom. The van der Waals surface area contributed by atoms with Crippen molar-refractivity contribution in [2.75, 3.05) is 5.32 Å². The quantitative estimate of drug-likeness (QED) is 0.354. The first-order valence-electron chi connectivity index (χ1n) is 11.5. The highest BCUT2D eigenvalue weighted by Gasteiger charge is 2.37. The van der Waals surface area contributed by atoms with E-state index in [1.54, 1.807) is 5.57 Å². The van der Waals surface area contributed by atoms with E-state index in [2.05, 4.69) is 116 Å². The highest BCUT2D eigenvalue weighted by Crippen LogP contribution is 2.50. The van der Waals surface area contributed by atoms with Gasteiger partial charge in [0, 0.05) is 22.2 Å². The van der Waals surface area contributed by atoms with Crippen LogP contribution in [0.2, 0.25) is 0 Å². The molecule has 0 amide bonds. The first-order valence-corrected chi connectivity index (χ1v) is 11.5. The second-order valence-electron chi connectivity index (χ2n) is 9.42. The summed E-state index contributed by atoms with van der Waals surface area (Å²) in [7, 11) is 0. The van der Waals surface area contributed by atoms with E-state index >= 15 is 0 Å². The maximum atomic E-state index is 3.74. The maximum Gasteiger partial charge on any atom is 0.0464 e. The molecule has 0 aromatic heterocycles. The van der Waals surface area contributed by atoms with Crippen LogP contribution in [0.5, 0.6) is 0 Å². The van der Waals surface area contributed by atoms with Gasteiger partial charge >= 0.3 is 0 Å². The van der Waals surface area contributed by atoms with E-state index in [0.717, 1.165) is 17.8 Å². The highest BCUT2D eigenvalue weighted by atomic mass is 14.9. The summed E-state index contributed by atoms with van der Waals surface area (Å²) in [5, 5.41) is 6.25. The van der Waals surface area contributed by atoms with Gasteiger partial charge in [-0.25, -0.2) is 0 Å². The molecule has 0 saturated carbocycles. The Morgan fingerprint density at radius 3 is 2.34 bits per heavy atom. The molecule has 0 saturated heterocycles. The van der Waals surface area contributed by atoms with Gasteiger partial charge in [0.2, 0.25) is 0 Å². The molecule has 0 spiro atoms. The van der Waals surface area contributed by atoms with Crippen molar-refractivity contribution in [2.45, 2.75) is 32.1 Å². The normalized spacial score (nSPS) is 16.2. The topological polar surface area (TPSA) is 12.0 Å². The average molecular weight is 414 g/mol. The van der Waals surface area contributed by atoms with Crippen LogP contribution in [-0.2, 0) is 5.41 Å². The zero-order valence-corrected chi connectivity index (χ0v) is 18.7. The highest BCUT2D eigenvalue weighted by molar-refractivity contribution is 6.04. The summed E-state index contributed by atoms with van der Waals surface area (Å²) in [4.78, 5) is 0. The van der Waals surface area contributed by atoms with Gasteiger partial charge in [-0.2, -0.15) is 0 Å². The summed E-state index contributed by atoms with van der Waals surface area (Å²) in [6.07, 6.45) is 6.97. The molecule has 1 nitrogen and oxygen atoms in total. The number of rotatable bonds is 3. The van der Waals surface area contributed by atoms with Crippen molar-refractivity contribution in [3.05, 3.63) is 114 Å². The molecular formula is C31H27N. The third-order valence-electron chi connectivity index (χ3n) is 7.20. The predicted molar refractivity (Wildman–Crippen MR) is 137 cm³/mol. The van der Waals surface area contributed by atoms with Crippen LogP contribution in [0.1, 0.15) is 37.8 Å². The van der Waals surface area contributed by atoms with Crippen LogP contribution < -0.4 is 5.32 Å². The lowest BCUT2D eigenvalue weighted by atomic mass is 9.78. The second kappa shape index (κ2) is 7.24. The smallest absolute Gasteiger partial charge is 0.0464 e. The minimum atomic E-state index is 0.0896. The molecule has 0 unspecified atom stereocenters. The molecule has 1 N–H and O–H groups in total. The third-order valence-corrected chi connectivity index (χ3v) is 7.20. The van der Waals surface area contributed by atoms with E-state index in [4.69, 9.17) is 0 Å². The van der Waals surface area contributed by atoms with Crippen molar-refractivity contribution >= 4 is 27.7 Å². The molecule has 0 bridgehead atoms. The summed E-state index contributed by atoms with van der Waals surface area (Å²) >= 11 is 0. The summed E-state index contributed by atoms with van der Waals surface area (Å²) in [6, 6.07) is 30.7. The number of hydrogen-bond acceptors (Lipinski definition) is 1. The zero-order chi connectivity index (χ0) is 21.7. The van der Waals surface area contributed by atoms with Crippen LogP contribution in [-0.4, -0.2) is 0 Å². The van der Waals surface area contributed by atoms with Gasteiger partial charge in [0.25, 0.3) is 0 Å². The molecule has 2 aliphatic carbocycles. The molecule has 4 aromatic rings. The molecule has 0 radical (unpaired) electrons. The van der Waals surface area contributed by atoms with E-state index < -0.39 is 0 Å². The summed E-state index contributed by atoms with van der Waals surface area (Å²) in [5.41, 5.74) is 10.8. The standard InChI is InChI=1S/C31H27N/c1-31(2)28-15-9-8-13-25(28)26-17-16-22(20-29(26)31)32-30-19-18-23(21-10-4-3-5-11-21)24-12-6-7-14-27(24)30/h3-8,10-14,16-20,32H,9,15H2,1-2H3. The molecule has 2 aliphatic rings. The number of anilines is 2. The fourth-order valence-corrected chi connectivity index (χ4v) is 5.54. The molecule has 156 valence electrons. The van der Waals surface area contributed by atoms with E-state index in [-0.39, 0.29) is 5.41 Å². The fraction of sp³-hybridized carbons (Fsp3) is 0.161. The second-order valence-corrected chi connectivity index (χ2v) is 9.42. The SMILES string of the molecule is CC1(C)C2=C(C=CCC2)c2ccc(Nc3ccc(-c4ccccc4)c4ccccc34)cc21. The number of hydrogen-bond donors (Lipinski definition) is 1. The van der Waals surface area contributed by atoms with Crippen LogP contribution in [0.25, 0.3) is 27.5 Å². The first kappa shape index (κ1) is 19.1. The Morgan fingerprint density at radius 1 is 0.750 bits per heavy atom. The van der Waals surface area contributed by atoms with Crippen LogP contribution >= 0.6 is 0 Å². The summed E-state index contributed by atoms with van der Waals surface area (Å²) in [5.74, 6) is 0. The summed E-state index contributed by atoms with van der Waals surface area (Å²) in [6.45, 7) is 4.75. The van der Waals surface area contributed by atoms with Gasteiger partial charge in [-0.05, 0) is 64.3 Å². The van der Waals surface area contributed by atoms with Crippen molar-refractivity contribution in [1.82, 2.24) is 0 Å². The minimum Gasteiger partial charge on any atom is -0.355 e. The number of fused-ring (bicyclic) bond motifs is 3. The predicted octanol–water partition coefficient (Wildman–Crippen LogP) is 8.65. The van der Waals surface area contributed by atoms with Crippen LogP contribution in [0.4, 0.5) is 11.4 Å². The summed E-state index contributed by atoms with van der Waals surface area (Å²) < 4.78 is 0. The van der Waals surface area contributed by atoms with Crippen LogP contribution in [0.3, 0.4) is 0 Å². The van der Waals surface area contributed by atoms with E-state index in [1.807, 2.05) is 0 Å². The van der Waals surface area contributed by atoms with Crippen molar-refractivity contribution in [2.24, 2.45) is 0 Å². The van der Waals surface area contributed by atoms with Crippen LogP contribution in [0.15, 0.2) is 103 Å². The fourth-order valence-electron chi connectivity index (χ4n) is 5.54. The van der Waals surface area contributed by atoms with Gasteiger partial charge in [-0.3, -0.25) is 0 Å². The Balaban J connectivity index is 1.41. The number of allylic oxidation sites excluding steroid dienone is 4. The molecule has 1 heteroatoms. The molecule has 0 heterocycles. The largest absolute Gasteiger partial charge is 0.355 e. The third kappa shape index (κ3) is 2.92. The van der Waals surface area contributed by atoms with Gasteiger partial charge in [0.05, 0.1) is 0 Å². The van der Waals surface area contributed by atoms with Crippen molar-refractivity contribution in [3.63, 3.8) is 0 Å². The first-order chi connectivity index (χ1) is 15.6. The molecule has 6 rings (SSSR count). The van der Waals surface area contributed by atoms with E-state index in [9.17, 15) is 0 Å². The molecule has 0 atom stereocenters. The lowest BCUT2D eigenvalue weighted by molar-refractivity contribution is 0.607. The molecular weight excluding hydrogens is 386 g/mol. The van der Waals surface area contributed by atoms with Crippen LogP contribution in [0, 0.1) is 0 Å². The van der Waals surface area contributed by atoms with Gasteiger partial charge in [0.15, 0.2) is 0 Å². The van der Waals surface area contributed by atoms with Gasteiger partial charge in [-0.15, -0.1) is 0 Å². The zero-order valence-electron chi connectivity index (χ0n) is 18.7. The molecule has 32 heavy (non-hydrogen) atoms. The van der Waals surface area contributed by atoms with Gasteiger partial charge in [-0.1, -0.05) is 98.3 Å². The van der Waals surface area contributed by atoms with Crippen molar-refractivity contribution in [3.8, 4) is 11.1 Å². The number of nitrogens with one attached hydrogen (secondary N) is 1. The molecule has 4 aromatic carbocycles. The minimum absolute atomic E-state index is 0.0896. The van der Waals surface area contributed by atoms with Gasteiger partial charge in [0.1, 0.15) is 0 Å². The Hall–Kier alpha value is -3.58. The Kier molecular flexibility index (Phi) is 4.33. The van der Waals surface area contributed by atoms with Gasteiger partial charge < -0.3 is 5.32 Å². The Labute approximate surface area is 190 Å². The van der Waals surface area contributed by atoms with E-state index in [1.165, 1.54) is 45.0 Å². The molecule has 0 aliphatic heterocycles. The average Bonchev–Trinajstić information content (AvgIpc) is 3.07. The molecule has 0 fully saturated rings. The van der Waals surface area contributed by atoms with Crippen molar-refractivity contribution < 1.29 is 0 Å². The van der Waals surface area contributed by atoms with E-state index in [0.29, 0.717) is 0 Å². The monoisotopic (exact) mass is 413 g/mol.